The number of nitrogens with one attached hydrogen (secondary N) is 1. The average molecular weight is 213 g/mol. The summed E-state index contributed by atoms with van der Waals surface area (Å²) in [4.78, 5) is 11.0. The van der Waals surface area contributed by atoms with Crippen molar-refractivity contribution in [3.63, 3.8) is 0 Å². The van der Waals surface area contributed by atoms with Gasteiger partial charge in [-0.2, -0.15) is 0 Å². The van der Waals surface area contributed by atoms with E-state index in [0.717, 1.165) is 32.3 Å². The van der Waals surface area contributed by atoms with Crippen LogP contribution in [0.2, 0.25) is 0 Å². The second-order valence-electron chi connectivity index (χ2n) is 4.94. The van der Waals surface area contributed by atoms with Gasteiger partial charge in [-0.15, -0.1) is 0 Å². The molecule has 0 bridgehead atoms. The SMILES string of the molecule is CC1(CNC(C(=O)O)C2CC2)CCCO1. The van der Waals surface area contributed by atoms with Crippen molar-refractivity contribution < 1.29 is 14.6 Å². The van der Waals surface area contributed by atoms with E-state index in [0.29, 0.717) is 12.5 Å². The molecule has 1 saturated carbocycles. The predicted molar refractivity (Wildman–Crippen MR) is 55.7 cm³/mol. The van der Waals surface area contributed by atoms with Crippen molar-refractivity contribution in [3.05, 3.63) is 0 Å². The molecule has 0 aromatic carbocycles. The summed E-state index contributed by atoms with van der Waals surface area (Å²) >= 11 is 0. The highest BCUT2D eigenvalue weighted by Gasteiger charge is 2.38. The molecule has 2 atom stereocenters. The molecule has 2 unspecified atom stereocenters. The summed E-state index contributed by atoms with van der Waals surface area (Å²) in [5, 5.41) is 12.2. The van der Waals surface area contributed by atoms with Gasteiger partial charge in [-0.3, -0.25) is 4.79 Å². The van der Waals surface area contributed by atoms with E-state index in [9.17, 15) is 4.79 Å². The summed E-state index contributed by atoms with van der Waals surface area (Å²) in [5.74, 6) is -0.383. The van der Waals surface area contributed by atoms with Crippen LogP contribution in [-0.2, 0) is 9.53 Å². The smallest absolute Gasteiger partial charge is 0.320 e. The van der Waals surface area contributed by atoms with E-state index in [1.807, 2.05) is 0 Å². The van der Waals surface area contributed by atoms with E-state index in [2.05, 4.69) is 12.2 Å². The first-order valence-corrected chi connectivity index (χ1v) is 5.71. The molecular formula is C11H19NO3. The van der Waals surface area contributed by atoms with Crippen LogP contribution < -0.4 is 5.32 Å². The summed E-state index contributed by atoms with van der Waals surface area (Å²) < 4.78 is 5.62. The molecule has 0 aromatic rings. The lowest BCUT2D eigenvalue weighted by Crippen LogP contribution is -2.46. The molecule has 86 valence electrons. The number of aliphatic carboxylic acids is 1. The fourth-order valence-electron chi connectivity index (χ4n) is 2.19. The van der Waals surface area contributed by atoms with E-state index in [1.165, 1.54) is 0 Å². The third-order valence-electron chi connectivity index (χ3n) is 3.36. The first-order chi connectivity index (χ1) is 7.11. The Bertz CT molecular complexity index is 244. The molecule has 1 saturated heterocycles. The van der Waals surface area contributed by atoms with E-state index in [1.54, 1.807) is 0 Å². The van der Waals surface area contributed by atoms with E-state index in [4.69, 9.17) is 9.84 Å². The Kier molecular flexibility index (Phi) is 2.98. The van der Waals surface area contributed by atoms with Gasteiger partial charge in [-0.05, 0) is 38.5 Å². The maximum Gasteiger partial charge on any atom is 0.320 e. The molecule has 15 heavy (non-hydrogen) atoms. The Morgan fingerprint density at radius 2 is 2.40 bits per heavy atom. The first kappa shape index (κ1) is 10.9. The van der Waals surface area contributed by atoms with Crippen LogP contribution in [0, 0.1) is 5.92 Å². The highest BCUT2D eigenvalue weighted by Crippen LogP contribution is 2.33. The lowest BCUT2D eigenvalue weighted by atomic mass is 10.0. The van der Waals surface area contributed by atoms with E-state index in [-0.39, 0.29) is 11.6 Å². The standard InChI is InChI=1S/C11H19NO3/c1-11(5-2-6-15-11)7-12-9(10(13)14)8-3-4-8/h8-9,12H,2-7H2,1H3,(H,13,14). The third kappa shape index (κ3) is 2.69. The van der Waals surface area contributed by atoms with Crippen molar-refractivity contribution in [2.24, 2.45) is 5.92 Å². The molecule has 0 amide bonds. The van der Waals surface area contributed by atoms with Crippen LogP contribution in [0.15, 0.2) is 0 Å². The lowest BCUT2D eigenvalue weighted by Gasteiger charge is -2.25. The third-order valence-corrected chi connectivity index (χ3v) is 3.36. The molecule has 2 rings (SSSR count). The van der Waals surface area contributed by atoms with Crippen molar-refractivity contribution in [2.75, 3.05) is 13.2 Å². The van der Waals surface area contributed by atoms with Gasteiger partial charge in [0, 0.05) is 13.2 Å². The van der Waals surface area contributed by atoms with Gasteiger partial charge < -0.3 is 15.2 Å². The second-order valence-corrected chi connectivity index (χ2v) is 4.94. The lowest BCUT2D eigenvalue weighted by molar-refractivity contribution is -0.140. The van der Waals surface area contributed by atoms with Gasteiger partial charge in [0.05, 0.1) is 5.60 Å². The van der Waals surface area contributed by atoms with Gasteiger partial charge in [0.1, 0.15) is 6.04 Å². The fraction of sp³-hybridized carbons (Fsp3) is 0.909. The Balaban J connectivity index is 1.82. The summed E-state index contributed by atoms with van der Waals surface area (Å²) in [6, 6.07) is -0.369. The van der Waals surface area contributed by atoms with Crippen LogP contribution in [0.4, 0.5) is 0 Å². The number of carbonyl (C=O) groups is 1. The molecule has 0 spiro atoms. The maximum atomic E-state index is 11.0. The molecule has 0 aromatic heterocycles. The summed E-state index contributed by atoms with van der Waals surface area (Å²) in [5.41, 5.74) is -0.150. The Labute approximate surface area is 90.0 Å². The van der Waals surface area contributed by atoms with Gasteiger partial charge in [0.2, 0.25) is 0 Å². The zero-order chi connectivity index (χ0) is 10.9. The molecule has 0 radical (unpaired) electrons. The minimum absolute atomic E-state index is 0.150. The van der Waals surface area contributed by atoms with Gasteiger partial charge in [-0.1, -0.05) is 0 Å². The molecule has 2 N–H and O–H groups in total. The Morgan fingerprint density at radius 1 is 1.67 bits per heavy atom. The molecule has 2 aliphatic rings. The second kappa shape index (κ2) is 4.10. The van der Waals surface area contributed by atoms with Crippen molar-refractivity contribution in [3.8, 4) is 0 Å². The van der Waals surface area contributed by atoms with Gasteiger partial charge in [-0.25, -0.2) is 0 Å². The number of rotatable bonds is 5. The van der Waals surface area contributed by atoms with Crippen molar-refractivity contribution in [2.45, 2.75) is 44.2 Å². The first-order valence-electron chi connectivity index (χ1n) is 5.71. The Hall–Kier alpha value is -0.610. The van der Waals surface area contributed by atoms with E-state index >= 15 is 0 Å². The van der Waals surface area contributed by atoms with Crippen LogP contribution in [-0.4, -0.2) is 35.9 Å². The highest BCUT2D eigenvalue weighted by atomic mass is 16.5. The largest absolute Gasteiger partial charge is 0.480 e. The number of ether oxygens (including phenoxy) is 1. The van der Waals surface area contributed by atoms with Crippen molar-refractivity contribution >= 4 is 5.97 Å². The quantitative estimate of drug-likeness (QED) is 0.715. The minimum atomic E-state index is -0.723. The van der Waals surface area contributed by atoms with Gasteiger partial charge >= 0.3 is 5.97 Å². The summed E-state index contributed by atoms with van der Waals surface area (Å²) in [6.45, 7) is 3.51. The Morgan fingerprint density at radius 3 is 2.87 bits per heavy atom. The van der Waals surface area contributed by atoms with Gasteiger partial charge in [0.25, 0.3) is 0 Å². The molecule has 1 aliphatic carbocycles. The molecule has 4 heteroatoms. The molecular weight excluding hydrogens is 194 g/mol. The number of hydrogen-bond acceptors (Lipinski definition) is 3. The summed E-state index contributed by atoms with van der Waals surface area (Å²) in [6.07, 6.45) is 4.19. The number of carboxylic acid groups (broad SMARTS) is 1. The fourth-order valence-corrected chi connectivity index (χ4v) is 2.19. The molecule has 4 nitrogen and oxygen atoms in total. The van der Waals surface area contributed by atoms with Crippen LogP contribution in [0.5, 0.6) is 0 Å². The average Bonchev–Trinajstić information content (AvgIpc) is 2.90. The zero-order valence-electron chi connectivity index (χ0n) is 9.16. The zero-order valence-corrected chi connectivity index (χ0v) is 9.16. The monoisotopic (exact) mass is 213 g/mol. The summed E-state index contributed by atoms with van der Waals surface area (Å²) in [7, 11) is 0. The van der Waals surface area contributed by atoms with Crippen LogP contribution in [0.1, 0.15) is 32.6 Å². The molecule has 2 fully saturated rings. The van der Waals surface area contributed by atoms with Crippen molar-refractivity contribution in [1.82, 2.24) is 5.32 Å². The normalized spacial score (nSPS) is 32.9. The number of carboxylic acids is 1. The predicted octanol–water partition coefficient (Wildman–Crippen LogP) is 1.01. The van der Waals surface area contributed by atoms with E-state index < -0.39 is 5.97 Å². The van der Waals surface area contributed by atoms with Crippen LogP contribution in [0.25, 0.3) is 0 Å². The topological polar surface area (TPSA) is 58.6 Å². The van der Waals surface area contributed by atoms with Crippen LogP contribution in [0.3, 0.4) is 0 Å². The van der Waals surface area contributed by atoms with Crippen molar-refractivity contribution in [1.29, 1.82) is 0 Å². The molecule has 1 aliphatic heterocycles. The number of hydrogen-bond donors (Lipinski definition) is 2. The molecule has 1 heterocycles. The van der Waals surface area contributed by atoms with Gasteiger partial charge in [0.15, 0.2) is 0 Å². The minimum Gasteiger partial charge on any atom is -0.480 e. The highest BCUT2D eigenvalue weighted by molar-refractivity contribution is 5.74. The van der Waals surface area contributed by atoms with Crippen LogP contribution >= 0.6 is 0 Å². The maximum absolute atomic E-state index is 11.0.